The first-order chi connectivity index (χ1) is 27.2. The fourth-order valence-electron chi connectivity index (χ4n) is 8.28. The number of aromatic nitrogens is 2. The molecule has 4 heterocycles. The molecule has 0 aliphatic heterocycles. The monoisotopic (exact) mass is 723 g/mol. The molecule has 0 amide bonds. The minimum Gasteiger partial charge on any atom is -0.456 e. The van der Waals surface area contributed by atoms with E-state index in [-0.39, 0.29) is 0 Å². The average Bonchev–Trinajstić information content (AvgIpc) is 4.00. The number of oxazole rings is 1. The highest BCUT2D eigenvalue weighted by Crippen LogP contribution is 2.44. The zero-order chi connectivity index (χ0) is 36.0. The summed E-state index contributed by atoms with van der Waals surface area (Å²) >= 11 is 1.83. The third-order valence-electron chi connectivity index (χ3n) is 10.8. The van der Waals surface area contributed by atoms with E-state index in [4.69, 9.17) is 13.8 Å². The molecule has 0 saturated carbocycles. The molecule has 0 aliphatic carbocycles. The maximum absolute atomic E-state index is 6.62. The third kappa shape index (κ3) is 4.68. The average molecular weight is 724 g/mol. The van der Waals surface area contributed by atoms with Gasteiger partial charge in [-0.25, -0.2) is 4.98 Å². The Hall–Kier alpha value is -7.15. The van der Waals surface area contributed by atoms with Crippen molar-refractivity contribution in [3.05, 3.63) is 176 Å². The van der Waals surface area contributed by atoms with Gasteiger partial charge in [0.2, 0.25) is 5.89 Å². The Labute approximate surface area is 318 Å². The second-order valence-corrected chi connectivity index (χ2v) is 15.1. The number of anilines is 3. The molecule has 55 heavy (non-hydrogen) atoms. The number of furan rings is 1. The van der Waals surface area contributed by atoms with Gasteiger partial charge in [-0.3, -0.25) is 0 Å². The van der Waals surface area contributed by atoms with Gasteiger partial charge in [-0.05, 0) is 78.9 Å². The van der Waals surface area contributed by atoms with Gasteiger partial charge < -0.3 is 18.3 Å². The van der Waals surface area contributed by atoms with E-state index < -0.39 is 0 Å². The largest absolute Gasteiger partial charge is 0.456 e. The van der Waals surface area contributed by atoms with Gasteiger partial charge in [0.05, 0.1) is 11.0 Å². The summed E-state index contributed by atoms with van der Waals surface area (Å²) in [7, 11) is 0. The SMILES string of the molecule is c1ccc(-c2nc3cc4oc5cc(N(c6ccc7c(c6)sc6ccccc67)c6ccc7c8ccccc8n(-c8ccccc8)c7c6)ccc5c4cc3o2)cc1. The third-order valence-corrected chi connectivity index (χ3v) is 11.9. The number of thiophene rings is 1. The molecular formula is C49H29N3O2S. The molecule has 0 saturated heterocycles. The van der Waals surface area contributed by atoms with Crippen molar-refractivity contribution in [2.24, 2.45) is 0 Å². The van der Waals surface area contributed by atoms with E-state index in [0.29, 0.717) is 5.89 Å². The maximum atomic E-state index is 6.62. The molecule has 0 fully saturated rings. The molecule has 258 valence electrons. The van der Waals surface area contributed by atoms with Crippen LogP contribution in [0.1, 0.15) is 0 Å². The van der Waals surface area contributed by atoms with Gasteiger partial charge in [0.25, 0.3) is 0 Å². The number of fused-ring (bicyclic) bond motifs is 10. The van der Waals surface area contributed by atoms with E-state index in [2.05, 4.69) is 149 Å². The number of rotatable bonds is 5. The van der Waals surface area contributed by atoms with Crippen LogP contribution in [0.4, 0.5) is 17.1 Å². The Bertz CT molecular complexity index is 3450. The van der Waals surface area contributed by atoms with Gasteiger partial charge in [-0.1, -0.05) is 84.9 Å². The Morgan fingerprint density at radius 1 is 0.436 bits per heavy atom. The first kappa shape index (κ1) is 30.3. The van der Waals surface area contributed by atoms with Gasteiger partial charge in [-0.2, -0.15) is 0 Å². The molecule has 12 rings (SSSR count). The predicted octanol–water partition coefficient (Wildman–Crippen LogP) is 14.3. The Morgan fingerprint density at radius 2 is 1.07 bits per heavy atom. The molecule has 5 nitrogen and oxygen atoms in total. The minimum atomic E-state index is 0.601. The standard InChI is InChI=1S/C49H29N3O2S/c1-3-11-30(12-4-1)49-50-41-29-45-40(28-46(41)54-49)37-23-20-33(26-44(37)53-45)51(34-21-24-39-38-16-8-10-18-47(38)55-48(39)27-34)32-19-22-36-35-15-7-9-17-42(35)52(43(36)25-32)31-13-5-2-6-14-31/h1-29H. The number of nitrogens with zero attached hydrogens (tertiary/aromatic N) is 3. The summed E-state index contributed by atoms with van der Waals surface area (Å²) in [4.78, 5) is 7.15. The number of hydrogen-bond acceptors (Lipinski definition) is 5. The molecule has 0 bridgehead atoms. The lowest BCUT2D eigenvalue weighted by atomic mass is 10.1. The summed E-state index contributed by atoms with van der Waals surface area (Å²) in [5.74, 6) is 0.601. The first-order valence-electron chi connectivity index (χ1n) is 18.4. The lowest BCUT2D eigenvalue weighted by molar-refractivity contribution is 0.620. The minimum absolute atomic E-state index is 0.601. The maximum Gasteiger partial charge on any atom is 0.227 e. The molecule has 0 unspecified atom stereocenters. The first-order valence-corrected chi connectivity index (χ1v) is 19.2. The molecular weight excluding hydrogens is 695 g/mol. The van der Waals surface area contributed by atoms with Crippen molar-refractivity contribution in [2.45, 2.75) is 0 Å². The zero-order valence-corrected chi connectivity index (χ0v) is 30.1. The molecule has 0 N–H and O–H groups in total. The summed E-state index contributed by atoms with van der Waals surface area (Å²) in [5, 5.41) is 7.02. The molecule has 12 aromatic rings. The van der Waals surface area contributed by atoms with Crippen LogP contribution in [0, 0.1) is 0 Å². The van der Waals surface area contributed by atoms with E-state index in [0.717, 1.165) is 66.9 Å². The van der Waals surface area contributed by atoms with Crippen LogP contribution in [0.2, 0.25) is 0 Å². The van der Waals surface area contributed by atoms with E-state index in [9.17, 15) is 0 Å². The van der Waals surface area contributed by atoms with Crippen LogP contribution in [-0.2, 0) is 0 Å². The van der Waals surface area contributed by atoms with Gasteiger partial charge in [0, 0.05) is 82.2 Å². The summed E-state index contributed by atoms with van der Waals surface area (Å²) < 4.78 is 17.8. The molecule has 8 aromatic carbocycles. The Morgan fingerprint density at radius 3 is 1.93 bits per heavy atom. The van der Waals surface area contributed by atoms with Crippen molar-refractivity contribution in [3.63, 3.8) is 0 Å². The van der Waals surface area contributed by atoms with Gasteiger partial charge in [-0.15, -0.1) is 11.3 Å². The Kier molecular flexibility index (Phi) is 6.44. The van der Waals surface area contributed by atoms with Crippen molar-refractivity contribution in [1.29, 1.82) is 0 Å². The Balaban J connectivity index is 1.06. The highest BCUT2D eigenvalue weighted by atomic mass is 32.1. The van der Waals surface area contributed by atoms with Crippen molar-refractivity contribution in [1.82, 2.24) is 9.55 Å². The molecule has 0 radical (unpaired) electrons. The number of para-hydroxylation sites is 2. The summed E-state index contributed by atoms with van der Waals surface area (Å²) in [6, 6.07) is 62.2. The highest BCUT2D eigenvalue weighted by molar-refractivity contribution is 7.25. The molecule has 0 aliphatic rings. The lowest BCUT2D eigenvalue weighted by Crippen LogP contribution is -2.10. The smallest absolute Gasteiger partial charge is 0.227 e. The van der Waals surface area contributed by atoms with Gasteiger partial charge >= 0.3 is 0 Å². The van der Waals surface area contributed by atoms with Crippen molar-refractivity contribution in [2.75, 3.05) is 4.90 Å². The summed E-state index contributed by atoms with van der Waals surface area (Å²) in [6.07, 6.45) is 0. The number of hydrogen-bond donors (Lipinski definition) is 0. The van der Waals surface area contributed by atoms with E-state index in [1.165, 1.54) is 36.5 Å². The van der Waals surface area contributed by atoms with Crippen molar-refractivity contribution in [3.8, 4) is 17.1 Å². The van der Waals surface area contributed by atoms with E-state index >= 15 is 0 Å². The van der Waals surface area contributed by atoms with Gasteiger partial charge in [0.15, 0.2) is 5.58 Å². The fourth-order valence-corrected chi connectivity index (χ4v) is 9.42. The lowest BCUT2D eigenvalue weighted by Gasteiger charge is -2.26. The topological polar surface area (TPSA) is 47.3 Å². The quantitative estimate of drug-likeness (QED) is 0.177. The van der Waals surface area contributed by atoms with E-state index in [1.54, 1.807) is 0 Å². The van der Waals surface area contributed by atoms with Crippen LogP contribution in [-0.4, -0.2) is 9.55 Å². The van der Waals surface area contributed by atoms with Crippen LogP contribution in [0.3, 0.4) is 0 Å². The number of benzene rings is 8. The van der Waals surface area contributed by atoms with Crippen molar-refractivity contribution < 1.29 is 8.83 Å². The molecule has 6 heteroatoms. The highest BCUT2D eigenvalue weighted by Gasteiger charge is 2.21. The van der Waals surface area contributed by atoms with Crippen LogP contribution in [0.15, 0.2) is 185 Å². The molecule has 0 atom stereocenters. The van der Waals surface area contributed by atoms with Crippen LogP contribution in [0.25, 0.3) is 92.2 Å². The zero-order valence-electron chi connectivity index (χ0n) is 29.3. The predicted molar refractivity (Wildman–Crippen MR) is 229 cm³/mol. The molecule has 4 aromatic heterocycles. The summed E-state index contributed by atoms with van der Waals surface area (Å²) in [5.41, 5.74) is 10.6. The summed E-state index contributed by atoms with van der Waals surface area (Å²) in [6.45, 7) is 0. The fraction of sp³-hybridized carbons (Fsp3) is 0. The molecule has 0 spiro atoms. The second-order valence-electron chi connectivity index (χ2n) is 14.0. The van der Waals surface area contributed by atoms with Crippen LogP contribution >= 0.6 is 11.3 Å². The van der Waals surface area contributed by atoms with E-state index in [1.807, 2.05) is 47.7 Å². The normalized spacial score (nSPS) is 12.0. The van der Waals surface area contributed by atoms with Crippen LogP contribution < -0.4 is 4.90 Å². The van der Waals surface area contributed by atoms with Gasteiger partial charge in [0.1, 0.15) is 16.7 Å². The van der Waals surface area contributed by atoms with Crippen LogP contribution in [0.5, 0.6) is 0 Å². The second kappa shape index (κ2) is 11.7. The van der Waals surface area contributed by atoms with Crippen molar-refractivity contribution >= 4 is 103 Å².